The molecule has 1 fully saturated rings. The van der Waals surface area contributed by atoms with E-state index in [4.69, 9.17) is 4.74 Å². The van der Waals surface area contributed by atoms with Crippen LogP contribution in [0, 0.1) is 0 Å². The number of aromatic nitrogens is 1. The normalized spacial score (nSPS) is 16.1. The van der Waals surface area contributed by atoms with Crippen molar-refractivity contribution in [1.82, 2.24) is 10.3 Å². The highest BCUT2D eigenvalue weighted by atomic mass is 16.5. The molecule has 1 aromatic heterocycles. The Morgan fingerprint density at radius 3 is 2.84 bits per heavy atom. The van der Waals surface area contributed by atoms with E-state index >= 15 is 0 Å². The van der Waals surface area contributed by atoms with Crippen LogP contribution in [0.5, 0.6) is 5.75 Å². The van der Waals surface area contributed by atoms with Crippen LogP contribution in [0.2, 0.25) is 0 Å². The van der Waals surface area contributed by atoms with Crippen molar-refractivity contribution in [2.45, 2.75) is 38.3 Å². The molecule has 100 valence electrons. The zero-order valence-electron chi connectivity index (χ0n) is 11.4. The van der Waals surface area contributed by atoms with E-state index in [1.165, 1.54) is 25.7 Å². The number of hydrogen-bond acceptors (Lipinski definition) is 3. The van der Waals surface area contributed by atoms with Crippen LogP contribution in [0.1, 0.15) is 31.4 Å². The van der Waals surface area contributed by atoms with Gasteiger partial charge in [0.1, 0.15) is 5.75 Å². The van der Waals surface area contributed by atoms with Gasteiger partial charge in [-0.05, 0) is 44.9 Å². The molecule has 3 rings (SSSR count). The molecule has 19 heavy (non-hydrogen) atoms. The van der Waals surface area contributed by atoms with E-state index in [2.05, 4.69) is 28.5 Å². The smallest absolute Gasteiger partial charge is 0.130 e. The Morgan fingerprint density at radius 2 is 2.05 bits per heavy atom. The standard InChI is InChI=1S/C16H20N2O/c1-17-11-12-10-16(19-13-6-2-3-7-13)14-8-4-5-9-15(14)18-12/h4-5,8-10,13,17H,2-3,6-7,11H2,1H3. The van der Waals surface area contributed by atoms with Crippen molar-refractivity contribution in [2.24, 2.45) is 0 Å². The Balaban J connectivity index is 1.98. The van der Waals surface area contributed by atoms with Crippen molar-refractivity contribution in [2.75, 3.05) is 7.05 Å². The number of benzene rings is 1. The number of fused-ring (bicyclic) bond motifs is 1. The highest BCUT2D eigenvalue weighted by Gasteiger charge is 2.18. The van der Waals surface area contributed by atoms with Gasteiger partial charge in [0, 0.05) is 18.0 Å². The number of para-hydroxylation sites is 1. The fourth-order valence-corrected chi connectivity index (χ4v) is 2.75. The molecular weight excluding hydrogens is 236 g/mol. The first-order chi connectivity index (χ1) is 9.36. The largest absolute Gasteiger partial charge is 0.490 e. The molecule has 0 amide bonds. The minimum atomic E-state index is 0.383. The third-order valence-electron chi connectivity index (χ3n) is 3.69. The maximum atomic E-state index is 6.21. The van der Waals surface area contributed by atoms with Crippen molar-refractivity contribution in [3.63, 3.8) is 0 Å². The highest BCUT2D eigenvalue weighted by molar-refractivity contribution is 5.85. The van der Waals surface area contributed by atoms with Gasteiger partial charge in [-0.15, -0.1) is 0 Å². The van der Waals surface area contributed by atoms with Gasteiger partial charge in [0.05, 0.1) is 17.3 Å². The zero-order valence-corrected chi connectivity index (χ0v) is 11.4. The van der Waals surface area contributed by atoms with Crippen molar-refractivity contribution < 1.29 is 4.74 Å². The van der Waals surface area contributed by atoms with Gasteiger partial charge in [-0.2, -0.15) is 0 Å². The van der Waals surface area contributed by atoms with E-state index in [1.807, 2.05) is 19.2 Å². The quantitative estimate of drug-likeness (QED) is 0.911. The molecule has 1 aliphatic carbocycles. The average Bonchev–Trinajstić information content (AvgIpc) is 2.92. The van der Waals surface area contributed by atoms with Crippen LogP contribution in [0.4, 0.5) is 0 Å². The van der Waals surface area contributed by atoms with Gasteiger partial charge in [0.25, 0.3) is 0 Å². The molecule has 1 heterocycles. The Morgan fingerprint density at radius 1 is 1.26 bits per heavy atom. The summed E-state index contributed by atoms with van der Waals surface area (Å²) in [5.41, 5.74) is 2.05. The predicted octanol–water partition coefficient (Wildman–Crippen LogP) is 3.28. The molecule has 0 bridgehead atoms. The molecule has 1 aliphatic rings. The van der Waals surface area contributed by atoms with E-state index in [1.54, 1.807) is 0 Å². The summed E-state index contributed by atoms with van der Waals surface area (Å²) in [5, 5.41) is 4.27. The number of rotatable bonds is 4. The fraction of sp³-hybridized carbons (Fsp3) is 0.438. The fourth-order valence-electron chi connectivity index (χ4n) is 2.75. The lowest BCUT2D eigenvalue weighted by atomic mass is 10.1. The topological polar surface area (TPSA) is 34.1 Å². The van der Waals surface area contributed by atoms with E-state index in [0.29, 0.717) is 6.10 Å². The van der Waals surface area contributed by atoms with Crippen LogP contribution in [-0.2, 0) is 6.54 Å². The number of hydrogen-bond donors (Lipinski definition) is 1. The molecule has 2 aromatic rings. The molecule has 0 spiro atoms. The number of pyridine rings is 1. The molecule has 0 aliphatic heterocycles. The van der Waals surface area contributed by atoms with Crippen molar-refractivity contribution in [1.29, 1.82) is 0 Å². The summed E-state index contributed by atoms with van der Waals surface area (Å²) in [6, 6.07) is 10.3. The Bertz CT molecular complexity index is 562. The van der Waals surface area contributed by atoms with Gasteiger partial charge in [-0.3, -0.25) is 4.98 Å². The van der Waals surface area contributed by atoms with E-state index < -0.39 is 0 Å². The summed E-state index contributed by atoms with van der Waals surface area (Å²) >= 11 is 0. The Labute approximate surface area is 114 Å². The van der Waals surface area contributed by atoms with Crippen LogP contribution in [0.3, 0.4) is 0 Å². The maximum Gasteiger partial charge on any atom is 0.130 e. The molecule has 0 radical (unpaired) electrons. The summed E-state index contributed by atoms with van der Waals surface area (Å²) in [6.45, 7) is 0.770. The third kappa shape index (κ3) is 2.71. The SMILES string of the molecule is CNCc1cc(OC2CCCC2)c2ccccc2n1. The molecule has 0 atom stereocenters. The summed E-state index contributed by atoms with van der Waals surface area (Å²) in [5.74, 6) is 0.989. The molecule has 1 saturated carbocycles. The second-order valence-electron chi connectivity index (χ2n) is 5.18. The minimum Gasteiger partial charge on any atom is -0.490 e. The highest BCUT2D eigenvalue weighted by Crippen LogP contribution is 2.30. The first-order valence-corrected chi connectivity index (χ1v) is 7.07. The van der Waals surface area contributed by atoms with Gasteiger partial charge >= 0.3 is 0 Å². The lowest BCUT2D eigenvalue weighted by molar-refractivity contribution is 0.212. The minimum absolute atomic E-state index is 0.383. The van der Waals surface area contributed by atoms with Gasteiger partial charge in [0.15, 0.2) is 0 Å². The van der Waals surface area contributed by atoms with Gasteiger partial charge in [-0.25, -0.2) is 0 Å². The van der Waals surface area contributed by atoms with Crippen LogP contribution in [0.25, 0.3) is 10.9 Å². The number of nitrogens with one attached hydrogen (secondary N) is 1. The first kappa shape index (κ1) is 12.4. The van der Waals surface area contributed by atoms with Gasteiger partial charge in [-0.1, -0.05) is 12.1 Å². The number of ether oxygens (including phenoxy) is 1. The van der Waals surface area contributed by atoms with Gasteiger partial charge < -0.3 is 10.1 Å². The zero-order chi connectivity index (χ0) is 13.1. The second kappa shape index (κ2) is 5.57. The Hall–Kier alpha value is -1.61. The average molecular weight is 256 g/mol. The molecule has 3 heteroatoms. The van der Waals surface area contributed by atoms with Crippen LogP contribution in [0.15, 0.2) is 30.3 Å². The van der Waals surface area contributed by atoms with E-state index in [0.717, 1.165) is 28.9 Å². The lowest BCUT2D eigenvalue weighted by Gasteiger charge is -2.16. The third-order valence-corrected chi connectivity index (χ3v) is 3.69. The molecule has 0 unspecified atom stereocenters. The molecule has 1 N–H and O–H groups in total. The summed E-state index contributed by atoms with van der Waals surface area (Å²) < 4.78 is 6.21. The van der Waals surface area contributed by atoms with E-state index in [-0.39, 0.29) is 0 Å². The maximum absolute atomic E-state index is 6.21. The molecule has 1 aromatic carbocycles. The summed E-state index contributed by atoms with van der Waals surface area (Å²) in [6.07, 6.45) is 5.32. The summed E-state index contributed by atoms with van der Waals surface area (Å²) in [4.78, 5) is 4.66. The monoisotopic (exact) mass is 256 g/mol. The molecule has 0 saturated heterocycles. The first-order valence-electron chi connectivity index (χ1n) is 7.07. The molecule has 3 nitrogen and oxygen atoms in total. The predicted molar refractivity (Wildman–Crippen MR) is 77.4 cm³/mol. The Kier molecular flexibility index (Phi) is 3.65. The summed E-state index contributed by atoms with van der Waals surface area (Å²) in [7, 11) is 1.94. The van der Waals surface area contributed by atoms with Crippen LogP contribution in [-0.4, -0.2) is 18.1 Å². The van der Waals surface area contributed by atoms with E-state index in [9.17, 15) is 0 Å². The lowest BCUT2D eigenvalue weighted by Crippen LogP contribution is -2.13. The van der Waals surface area contributed by atoms with Crippen LogP contribution >= 0.6 is 0 Å². The van der Waals surface area contributed by atoms with Gasteiger partial charge in [0.2, 0.25) is 0 Å². The van der Waals surface area contributed by atoms with Crippen molar-refractivity contribution in [3.8, 4) is 5.75 Å². The van der Waals surface area contributed by atoms with Crippen molar-refractivity contribution >= 4 is 10.9 Å². The molecular formula is C16H20N2O. The van der Waals surface area contributed by atoms with Crippen LogP contribution < -0.4 is 10.1 Å². The second-order valence-corrected chi connectivity index (χ2v) is 5.18. The number of nitrogens with zero attached hydrogens (tertiary/aromatic N) is 1. The van der Waals surface area contributed by atoms with Crippen molar-refractivity contribution in [3.05, 3.63) is 36.0 Å².